The van der Waals surface area contributed by atoms with Gasteiger partial charge in [0.15, 0.2) is 0 Å². The van der Waals surface area contributed by atoms with Crippen molar-refractivity contribution >= 4 is 33.2 Å². The number of nitrogens with two attached hydrogens (primary N) is 1. The van der Waals surface area contributed by atoms with Crippen LogP contribution in [-0.4, -0.2) is 12.5 Å². The zero-order valence-electron chi connectivity index (χ0n) is 10.6. The highest BCUT2D eigenvalue weighted by atomic mass is 79.9. The molecular weight excluding hydrogens is 323 g/mol. The van der Waals surface area contributed by atoms with Crippen molar-refractivity contribution in [3.8, 4) is 0 Å². The van der Waals surface area contributed by atoms with Gasteiger partial charge in [-0.1, -0.05) is 6.07 Å². The van der Waals surface area contributed by atoms with Gasteiger partial charge in [-0.15, -0.1) is 0 Å². The summed E-state index contributed by atoms with van der Waals surface area (Å²) in [5.74, 6) is -0.525. The van der Waals surface area contributed by atoms with Crippen molar-refractivity contribution in [3.05, 3.63) is 57.8 Å². The van der Waals surface area contributed by atoms with E-state index in [1.165, 1.54) is 18.2 Å². The first-order valence-electron chi connectivity index (χ1n) is 6.22. The van der Waals surface area contributed by atoms with Gasteiger partial charge in [0.2, 0.25) is 0 Å². The fraction of sp³-hybridized carbons (Fsp3) is 0.133. The summed E-state index contributed by atoms with van der Waals surface area (Å²) in [6.07, 6.45) is 0.746. The van der Waals surface area contributed by atoms with Crippen LogP contribution < -0.4 is 10.6 Å². The summed E-state index contributed by atoms with van der Waals surface area (Å²) in [5.41, 5.74) is 8.93. The minimum Gasteiger partial charge on any atom is -0.398 e. The highest BCUT2D eigenvalue weighted by molar-refractivity contribution is 9.10. The number of fused-ring (bicyclic) bond motifs is 1. The Bertz CT molecular complexity index is 702. The third kappa shape index (κ3) is 2.08. The van der Waals surface area contributed by atoms with E-state index in [0.29, 0.717) is 17.8 Å². The first kappa shape index (κ1) is 13.1. The second-order valence-corrected chi connectivity index (χ2v) is 5.53. The van der Waals surface area contributed by atoms with Crippen molar-refractivity contribution in [1.82, 2.24) is 0 Å². The van der Waals surface area contributed by atoms with Crippen LogP contribution in [-0.2, 0) is 6.42 Å². The maximum Gasteiger partial charge on any atom is 0.258 e. The number of halogens is 2. The van der Waals surface area contributed by atoms with Crippen molar-refractivity contribution in [2.45, 2.75) is 6.42 Å². The molecule has 3 rings (SSSR count). The normalized spacial score (nSPS) is 13.4. The summed E-state index contributed by atoms with van der Waals surface area (Å²) < 4.78 is 13.5. The Morgan fingerprint density at radius 3 is 2.85 bits per heavy atom. The Kier molecular flexibility index (Phi) is 3.22. The standard InChI is InChI=1S/C15H12BrFN2O/c16-11-8-9(4-5-12(11)17)15(20)19-7-6-10-13(18)2-1-3-14(10)19/h1-5,8H,6-7,18H2. The molecule has 0 spiro atoms. The van der Waals surface area contributed by atoms with E-state index in [1.54, 1.807) is 4.90 Å². The highest BCUT2D eigenvalue weighted by Gasteiger charge is 2.26. The molecular formula is C15H12BrFN2O. The molecule has 1 amide bonds. The summed E-state index contributed by atoms with van der Waals surface area (Å²) in [6, 6.07) is 9.83. The molecule has 0 saturated carbocycles. The predicted molar refractivity (Wildman–Crippen MR) is 80.3 cm³/mol. The number of hydrogen-bond donors (Lipinski definition) is 1. The lowest BCUT2D eigenvalue weighted by Crippen LogP contribution is -2.28. The van der Waals surface area contributed by atoms with E-state index in [1.807, 2.05) is 18.2 Å². The zero-order valence-corrected chi connectivity index (χ0v) is 12.2. The lowest BCUT2D eigenvalue weighted by Gasteiger charge is -2.17. The van der Waals surface area contributed by atoms with Gasteiger partial charge in [-0.2, -0.15) is 0 Å². The monoisotopic (exact) mass is 334 g/mol. The smallest absolute Gasteiger partial charge is 0.258 e. The molecule has 0 atom stereocenters. The predicted octanol–water partition coefficient (Wildman–Crippen LogP) is 3.37. The molecule has 0 unspecified atom stereocenters. The average molecular weight is 335 g/mol. The van der Waals surface area contributed by atoms with Crippen LogP contribution in [0.2, 0.25) is 0 Å². The maximum absolute atomic E-state index is 13.2. The number of rotatable bonds is 1. The topological polar surface area (TPSA) is 46.3 Å². The van der Waals surface area contributed by atoms with Crippen molar-refractivity contribution < 1.29 is 9.18 Å². The molecule has 1 heterocycles. The van der Waals surface area contributed by atoms with Gasteiger partial charge in [0, 0.05) is 29.0 Å². The van der Waals surface area contributed by atoms with Gasteiger partial charge in [0.25, 0.3) is 5.91 Å². The van der Waals surface area contributed by atoms with Crippen molar-refractivity contribution in [2.24, 2.45) is 0 Å². The average Bonchev–Trinajstić information content (AvgIpc) is 2.86. The Hall–Kier alpha value is -1.88. The van der Waals surface area contributed by atoms with Crippen LogP contribution in [0, 0.1) is 5.82 Å². The molecule has 20 heavy (non-hydrogen) atoms. The quantitative estimate of drug-likeness (QED) is 0.812. The number of carbonyl (C=O) groups excluding carboxylic acids is 1. The Balaban J connectivity index is 1.97. The minimum absolute atomic E-state index is 0.143. The molecule has 2 aromatic rings. The SMILES string of the molecule is Nc1cccc2c1CCN2C(=O)c1ccc(F)c(Br)c1. The largest absolute Gasteiger partial charge is 0.398 e. The molecule has 102 valence electrons. The van der Waals surface area contributed by atoms with Gasteiger partial charge in [-0.25, -0.2) is 4.39 Å². The third-order valence-corrected chi connectivity index (χ3v) is 4.08. The number of benzene rings is 2. The van der Waals surface area contributed by atoms with E-state index in [2.05, 4.69) is 15.9 Å². The number of anilines is 2. The summed E-state index contributed by atoms with van der Waals surface area (Å²) in [4.78, 5) is 14.2. The van der Waals surface area contributed by atoms with Crippen molar-refractivity contribution in [2.75, 3.05) is 17.2 Å². The molecule has 3 nitrogen and oxygen atoms in total. The molecule has 2 N–H and O–H groups in total. The van der Waals surface area contributed by atoms with E-state index in [-0.39, 0.29) is 16.2 Å². The van der Waals surface area contributed by atoms with E-state index in [4.69, 9.17) is 5.73 Å². The number of hydrogen-bond acceptors (Lipinski definition) is 2. The van der Waals surface area contributed by atoms with Gasteiger partial charge in [0.1, 0.15) is 5.82 Å². The molecule has 0 radical (unpaired) electrons. The molecule has 0 aliphatic carbocycles. The molecule has 0 saturated heterocycles. The van der Waals surface area contributed by atoms with Crippen LogP contribution in [0.5, 0.6) is 0 Å². The van der Waals surface area contributed by atoms with Gasteiger partial charge in [-0.3, -0.25) is 4.79 Å². The van der Waals surface area contributed by atoms with E-state index >= 15 is 0 Å². The lowest BCUT2D eigenvalue weighted by molar-refractivity contribution is 0.0989. The Morgan fingerprint density at radius 1 is 1.30 bits per heavy atom. The maximum atomic E-state index is 13.2. The van der Waals surface area contributed by atoms with Crippen LogP contribution in [0.4, 0.5) is 15.8 Å². The van der Waals surface area contributed by atoms with E-state index in [0.717, 1.165) is 17.7 Å². The number of nitrogen functional groups attached to an aromatic ring is 1. The molecule has 0 aromatic heterocycles. The van der Waals surface area contributed by atoms with Gasteiger partial charge in [0.05, 0.1) is 4.47 Å². The second kappa shape index (κ2) is 4.90. The highest BCUT2D eigenvalue weighted by Crippen LogP contribution is 2.33. The molecule has 1 aliphatic heterocycles. The van der Waals surface area contributed by atoms with Crippen molar-refractivity contribution in [3.63, 3.8) is 0 Å². The fourth-order valence-corrected chi connectivity index (χ4v) is 2.84. The van der Waals surface area contributed by atoms with Gasteiger partial charge >= 0.3 is 0 Å². The second-order valence-electron chi connectivity index (χ2n) is 4.68. The minimum atomic E-state index is -0.382. The first-order valence-corrected chi connectivity index (χ1v) is 7.01. The Morgan fingerprint density at radius 2 is 2.10 bits per heavy atom. The lowest BCUT2D eigenvalue weighted by atomic mass is 10.1. The van der Waals surface area contributed by atoms with Gasteiger partial charge < -0.3 is 10.6 Å². The first-order chi connectivity index (χ1) is 9.58. The summed E-state index contributed by atoms with van der Waals surface area (Å²) >= 11 is 3.10. The van der Waals surface area contributed by atoms with Crippen LogP contribution in [0.15, 0.2) is 40.9 Å². The van der Waals surface area contributed by atoms with E-state index < -0.39 is 0 Å². The van der Waals surface area contributed by atoms with E-state index in [9.17, 15) is 9.18 Å². The summed E-state index contributed by atoms with van der Waals surface area (Å²) in [7, 11) is 0. The van der Waals surface area contributed by atoms with Gasteiger partial charge in [-0.05, 0) is 52.7 Å². The fourth-order valence-electron chi connectivity index (χ4n) is 2.46. The number of carbonyl (C=O) groups is 1. The molecule has 2 aromatic carbocycles. The Labute approximate surface area is 124 Å². The van der Waals surface area contributed by atoms with Crippen LogP contribution in [0.1, 0.15) is 15.9 Å². The summed E-state index contributed by atoms with van der Waals surface area (Å²) in [5, 5.41) is 0. The van der Waals surface area contributed by atoms with Crippen molar-refractivity contribution in [1.29, 1.82) is 0 Å². The molecule has 5 heteroatoms. The van der Waals surface area contributed by atoms with Crippen LogP contribution in [0.25, 0.3) is 0 Å². The van der Waals surface area contributed by atoms with Crippen LogP contribution >= 0.6 is 15.9 Å². The molecule has 1 aliphatic rings. The number of nitrogens with zero attached hydrogens (tertiary/aromatic N) is 1. The zero-order chi connectivity index (χ0) is 14.3. The van der Waals surface area contributed by atoms with Crippen LogP contribution in [0.3, 0.4) is 0 Å². The molecule has 0 fully saturated rings. The third-order valence-electron chi connectivity index (χ3n) is 3.48. The molecule has 0 bridgehead atoms. The number of amides is 1. The summed E-state index contributed by atoms with van der Waals surface area (Å²) in [6.45, 7) is 0.595.